The molecule has 106 valence electrons. The van der Waals surface area contributed by atoms with Crippen molar-refractivity contribution in [2.24, 2.45) is 0 Å². The minimum absolute atomic E-state index is 0.00296. The van der Waals surface area contributed by atoms with Crippen LogP contribution in [-0.4, -0.2) is 18.1 Å². The number of hydrogen-bond acceptors (Lipinski definition) is 3. The number of pyridine rings is 1. The molecule has 20 heavy (non-hydrogen) atoms. The fraction of sp³-hybridized carbons (Fsp3) is 0.286. The van der Waals surface area contributed by atoms with E-state index >= 15 is 0 Å². The number of carbonyl (C=O) groups excluding carboxylic acids is 1. The summed E-state index contributed by atoms with van der Waals surface area (Å²) >= 11 is 0. The number of carbonyl (C=O) groups is 1. The molecule has 6 heteroatoms. The number of aryl methyl sites for hydroxylation is 1. The second kappa shape index (κ2) is 5.40. The monoisotopic (exact) mass is 280 g/mol. The van der Waals surface area contributed by atoms with Gasteiger partial charge in [0.1, 0.15) is 5.75 Å². The van der Waals surface area contributed by atoms with E-state index in [4.69, 9.17) is 4.74 Å². The van der Waals surface area contributed by atoms with Gasteiger partial charge in [0, 0.05) is 18.3 Å². The largest absolute Gasteiger partial charge is 0.412 e. The normalized spacial score (nSPS) is 10.7. The Morgan fingerprint density at radius 2 is 2.10 bits per heavy atom. The van der Waals surface area contributed by atoms with Gasteiger partial charge in [-0.25, -0.2) is 13.6 Å². The highest BCUT2D eigenvalue weighted by molar-refractivity contribution is 5.89. The number of ether oxygens (including phenoxy) is 1. The first-order chi connectivity index (χ1) is 9.49. The van der Waals surface area contributed by atoms with E-state index in [0.717, 1.165) is 6.07 Å². The van der Waals surface area contributed by atoms with Gasteiger partial charge in [-0.2, -0.15) is 0 Å². The van der Waals surface area contributed by atoms with Crippen molar-refractivity contribution in [1.82, 2.24) is 10.3 Å². The number of halogens is 2. The van der Waals surface area contributed by atoms with E-state index < -0.39 is 17.7 Å². The van der Waals surface area contributed by atoms with Crippen LogP contribution in [0.4, 0.5) is 13.6 Å². The zero-order valence-corrected chi connectivity index (χ0v) is 11.4. The second-order valence-corrected chi connectivity index (χ2v) is 4.26. The molecule has 0 bridgehead atoms. The Morgan fingerprint density at radius 3 is 2.70 bits per heavy atom. The molecule has 0 aliphatic carbocycles. The molecule has 4 nitrogen and oxygen atoms in total. The summed E-state index contributed by atoms with van der Waals surface area (Å²) in [5, 5.41) is 2.16. The highest BCUT2D eigenvalue weighted by atomic mass is 19.2. The number of amides is 1. The Bertz CT molecular complexity index is 687. The van der Waals surface area contributed by atoms with Gasteiger partial charge in [0.15, 0.2) is 11.6 Å². The minimum atomic E-state index is -1.07. The van der Waals surface area contributed by atoms with Gasteiger partial charge in [0.2, 0.25) is 0 Å². The molecule has 0 saturated heterocycles. The highest BCUT2D eigenvalue weighted by Gasteiger charge is 2.20. The average molecular weight is 280 g/mol. The number of nitrogens with zero attached hydrogens (tertiary/aromatic N) is 1. The number of benzene rings is 1. The fourth-order valence-electron chi connectivity index (χ4n) is 2.01. The topological polar surface area (TPSA) is 51.2 Å². The van der Waals surface area contributed by atoms with Crippen molar-refractivity contribution in [3.05, 3.63) is 35.0 Å². The lowest BCUT2D eigenvalue weighted by molar-refractivity contribution is 0.203. The summed E-state index contributed by atoms with van der Waals surface area (Å²) in [6, 6.07) is 2.37. The lowest BCUT2D eigenvalue weighted by Crippen LogP contribution is -2.23. The van der Waals surface area contributed by atoms with E-state index in [9.17, 15) is 13.6 Å². The lowest BCUT2D eigenvalue weighted by Gasteiger charge is -2.14. The van der Waals surface area contributed by atoms with Gasteiger partial charge < -0.3 is 10.1 Å². The smallest absolute Gasteiger partial charge is 0.409 e. The molecule has 1 amide bonds. The molecule has 0 saturated carbocycles. The molecule has 0 aliphatic heterocycles. The molecule has 2 aromatic rings. The lowest BCUT2D eigenvalue weighted by atomic mass is 10.1. The van der Waals surface area contributed by atoms with E-state index in [-0.39, 0.29) is 16.7 Å². The Balaban J connectivity index is 2.81. The molecule has 0 spiro atoms. The van der Waals surface area contributed by atoms with Crippen LogP contribution in [0.15, 0.2) is 12.1 Å². The number of rotatable bonds is 2. The summed E-state index contributed by atoms with van der Waals surface area (Å²) in [5.41, 5.74) is 1.45. The predicted molar refractivity (Wildman–Crippen MR) is 70.9 cm³/mol. The summed E-state index contributed by atoms with van der Waals surface area (Å²) < 4.78 is 32.5. The summed E-state index contributed by atoms with van der Waals surface area (Å²) in [7, 11) is 1.39. The van der Waals surface area contributed by atoms with Gasteiger partial charge in [-0.3, -0.25) is 4.98 Å². The van der Waals surface area contributed by atoms with Crippen molar-refractivity contribution >= 4 is 17.0 Å². The van der Waals surface area contributed by atoms with Crippen molar-refractivity contribution in [2.45, 2.75) is 20.3 Å². The summed E-state index contributed by atoms with van der Waals surface area (Å²) in [6.07, 6.45) is -0.156. The van der Waals surface area contributed by atoms with Crippen LogP contribution in [0.25, 0.3) is 10.9 Å². The zero-order chi connectivity index (χ0) is 14.9. The predicted octanol–water partition coefficient (Wildman–Crippen LogP) is 3.10. The standard InChI is InChI=1S/C14H14F2N2O2/c1-4-9-7(2)13(20-14(19)17-3)11-10(18-9)6-5-8(15)12(11)16/h5-6H,4H2,1-3H3,(H,17,19). The van der Waals surface area contributed by atoms with Crippen LogP contribution in [0.3, 0.4) is 0 Å². The quantitative estimate of drug-likeness (QED) is 0.919. The Morgan fingerprint density at radius 1 is 1.40 bits per heavy atom. The third-order valence-electron chi connectivity index (χ3n) is 3.06. The number of aromatic nitrogens is 1. The first kappa shape index (κ1) is 14.2. The van der Waals surface area contributed by atoms with E-state index in [1.165, 1.54) is 13.1 Å². The maximum absolute atomic E-state index is 14.0. The van der Waals surface area contributed by atoms with Gasteiger partial charge in [-0.15, -0.1) is 0 Å². The number of nitrogens with one attached hydrogen (secondary N) is 1. The molecule has 0 unspecified atom stereocenters. The Hall–Kier alpha value is -2.24. The molecule has 1 aromatic carbocycles. The van der Waals surface area contributed by atoms with Crippen LogP contribution in [0, 0.1) is 18.6 Å². The molecule has 1 N–H and O–H groups in total. The maximum atomic E-state index is 14.0. The minimum Gasteiger partial charge on any atom is -0.409 e. The van der Waals surface area contributed by atoms with Gasteiger partial charge in [0.25, 0.3) is 0 Å². The Kier molecular flexibility index (Phi) is 3.83. The number of hydrogen-bond donors (Lipinski definition) is 1. The van der Waals surface area contributed by atoms with Crippen LogP contribution < -0.4 is 10.1 Å². The summed E-state index contributed by atoms with van der Waals surface area (Å²) in [5.74, 6) is -2.08. The zero-order valence-electron chi connectivity index (χ0n) is 11.4. The SMILES string of the molecule is CCc1nc2ccc(F)c(F)c2c(OC(=O)NC)c1C. The second-order valence-electron chi connectivity index (χ2n) is 4.26. The van der Waals surface area contributed by atoms with E-state index in [1.807, 2.05) is 6.92 Å². The van der Waals surface area contributed by atoms with Crippen LogP contribution in [0.1, 0.15) is 18.2 Å². The molecule has 0 aliphatic rings. The van der Waals surface area contributed by atoms with Crippen molar-refractivity contribution < 1.29 is 18.3 Å². The average Bonchev–Trinajstić information content (AvgIpc) is 2.45. The van der Waals surface area contributed by atoms with Crippen LogP contribution in [-0.2, 0) is 6.42 Å². The summed E-state index contributed by atoms with van der Waals surface area (Å²) in [4.78, 5) is 15.7. The van der Waals surface area contributed by atoms with Gasteiger partial charge >= 0.3 is 6.09 Å². The molecular formula is C14H14F2N2O2. The van der Waals surface area contributed by atoms with Gasteiger partial charge in [0.05, 0.1) is 10.9 Å². The number of fused-ring (bicyclic) bond motifs is 1. The molecule has 1 aromatic heterocycles. The fourth-order valence-corrected chi connectivity index (χ4v) is 2.01. The summed E-state index contributed by atoms with van der Waals surface area (Å²) in [6.45, 7) is 3.54. The van der Waals surface area contributed by atoms with Crippen molar-refractivity contribution in [1.29, 1.82) is 0 Å². The first-order valence-electron chi connectivity index (χ1n) is 6.16. The maximum Gasteiger partial charge on any atom is 0.412 e. The molecule has 0 atom stereocenters. The highest BCUT2D eigenvalue weighted by Crippen LogP contribution is 2.33. The third kappa shape index (κ3) is 2.29. The molecule has 0 fully saturated rings. The van der Waals surface area contributed by atoms with Crippen molar-refractivity contribution in [2.75, 3.05) is 7.05 Å². The van der Waals surface area contributed by atoms with Crippen molar-refractivity contribution in [3.63, 3.8) is 0 Å². The Labute approximate surface area is 114 Å². The molecular weight excluding hydrogens is 266 g/mol. The third-order valence-corrected chi connectivity index (χ3v) is 3.06. The molecule has 2 rings (SSSR count). The van der Waals surface area contributed by atoms with E-state index in [1.54, 1.807) is 6.92 Å². The van der Waals surface area contributed by atoms with E-state index in [0.29, 0.717) is 17.7 Å². The van der Waals surface area contributed by atoms with Gasteiger partial charge in [-0.05, 0) is 25.5 Å². The van der Waals surface area contributed by atoms with Crippen LogP contribution in [0.2, 0.25) is 0 Å². The van der Waals surface area contributed by atoms with E-state index in [2.05, 4.69) is 10.3 Å². The van der Waals surface area contributed by atoms with Gasteiger partial charge in [-0.1, -0.05) is 6.92 Å². The van der Waals surface area contributed by atoms with Crippen LogP contribution in [0.5, 0.6) is 5.75 Å². The molecule has 0 radical (unpaired) electrons. The van der Waals surface area contributed by atoms with Crippen molar-refractivity contribution in [3.8, 4) is 5.75 Å². The first-order valence-corrected chi connectivity index (χ1v) is 6.16. The molecule has 1 heterocycles. The van der Waals surface area contributed by atoms with Crippen LogP contribution >= 0.6 is 0 Å².